The van der Waals surface area contributed by atoms with Crippen LogP contribution in [0.2, 0.25) is 0 Å². The largest absolute Gasteiger partial charge is 0.312 e. The van der Waals surface area contributed by atoms with Crippen molar-refractivity contribution in [2.24, 2.45) is 5.92 Å². The molecule has 0 amide bonds. The Bertz CT molecular complexity index is 489. The maximum atomic E-state index is 12.2. The van der Waals surface area contributed by atoms with Crippen molar-refractivity contribution in [1.82, 2.24) is 14.9 Å². The average molecular weight is 277 g/mol. The fraction of sp³-hybridized carbons (Fsp3) is 0.750. The van der Waals surface area contributed by atoms with Gasteiger partial charge in [-0.3, -0.25) is 9.36 Å². The van der Waals surface area contributed by atoms with Gasteiger partial charge in [-0.15, -0.1) is 0 Å². The normalized spacial score (nSPS) is 18.1. The molecule has 0 aliphatic heterocycles. The lowest BCUT2D eigenvalue weighted by atomic mass is 9.83. The Balaban J connectivity index is 2.17. The minimum Gasteiger partial charge on any atom is -0.312 e. The third-order valence-corrected chi connectivity index (χ3v) is 4.39. The van der Waals surface area contributed by atoms with Crippen molar-refractivity contribution >= 4 is 0 Å². The van der Waals surface area contributed by atoms with E-state index in [9.17, 15) is 4.79 Å². The molecule has 0 radical (unpaired) electrons. The molecule has 0 saturated heterocycles. The van der Waals surface area contributed by atoms with Crippen molar-refractivity contribution in [3.05, 3.63) is 27.9 Å². The summed E-state index contributed by atoms with van der Waals surface area (Å²) < 4.78 is 1.83. The van der Waals surface area contributed by atoms with Crippen LogP contribution in [-0.4, -0.2) is 22.1 Å². The van der Waals surface area contributed by atoms with Gasteiger partial charge in [-0.25, -0.2) is 4.98 Å². The molecule has 112 valence electrons. The van der Waals surface area contributed by atoms with Gasteiger partial charge < -0.3 is 5.32 Å². The molecule has 1 aromatic rings. The fourth-order valence-corrected chi connectivity index (χ4v) is 3.36. The van der Waals surface area contributed by atoms with E-state index in [1.54, 1.807) is 6.07 Å². The Morgan fingerprint density at radius 3 is 2.65 bits per heavy atom. The van der Waals surface area contributed by atoms with E-state index in [0.717, 1.165) is 24.6 Å². The number of hydrogen-bond acceptors (Lipinski definition) is 3. The highest BCUT2D eigenvalue weighted by Crippen LogP contribution is 2.27. The standard InChI is InChI=1S/C16H27N3O/c1-4-17-15(14-8-6-5-7-9-14)11-19-13(3)18-12(2)10-16(19)20/h10,14-15,17H,4-9,11H2,1-3H3. The van der Waals surface area contributed by atoms with E-state index >= 15 is 0 Å². The molecular weight excluding hydrogens is 250 g/mol. The van der Waals surface area contributed by atoms with Crippen LogP contribution in [-0.2, 0) is 6.54 Å². The minimum atomic E-state index is 0.0775. The van der Waals surface area contributed by atoms with Crippen LogP contribution in [0.3, 0.4) is 0 Å². The van der Waals surface area contributed by atoms with Crippen LogP contribution in [0.4, 0.5) is 0 Å². The molecule has 1 aliphatic rings. The zero-order valence-corrected chi connectivity index (χ0v) is 13.0. The van der Waals surface area contributed by atoms with E-state index in [2.05, 4.69) is 17.2 Å². The SMILES string of the molecule is CCNC(Cn1c(C)nc(C)cc1=O)C1CCCCC1. The van der Waals surface area contributed by atoms with Crippen LogP contribution in [0.1, 0.15) is 50.5 Å². The maximum absolute atomic E-state index is 12.2. The molecule has 0 spiro atoms. The van der Waals surface area contributed by atoms with Crippen LogP contribution >= 0.6 is 0 Å². The van der Waals surface area contributed by atoms with Crippen LogP contribution in [0.25, 0.3) is 0 Å². The Kier molecular flexibility index (Phi) is 5.35. The highest BCUT2D eigenvalue weighted by Gasteiger charge is 2.24. The summed E-state index contributed by atoms with van der Waals surface area (Å²) in [4.78, 5) is 16.6. The summed E-state index contributed by atoms with van der Waals surface area (Å²) in [5.74, 6) is 1.52. The van der Waals surface area contributed by atoms with E-state index in [4.69, 9.17) is 0 Å². The van der Waals surface area contributed by atoms with Gasteiger partial charge in [-0.05, 0) is 39.2 Å². The summed E-state index contributed by atoms with van der Waals surface area (Å²) in [5, 5.41) is 3.58. The third-order valence-electron chi connectivity index (χ3n) is 4.39. The lowest BCUT2D eigenvalue weighted by molar-refractivity contribution is 0.247. The molecule has 0 aromatic carbocycles. The maximum Gasteiger partial charge on any atom is 0.253 e. The molecule has 4 nitrogen and oxygen atoms in total. The van der Waals surface area contributed by atoms with Crippen LogP contribution < -0.4 is 10.9 Å². The second-order valence-corrected chi connectivity index (χ2v) is 5.96. The molecule has 1 unspecified atom stereocenters. The van der Waals surface area contributed by atoms with Gasteiger partial charge in [0.2, 0.25) is 0 Å². The number of aromatic nitrogens is 2. The molecule has 1 aromatic heterocycles. The minimum absolute atomic E-state index is 0.0775. The van der Waals surface area contributed by atoms with Gasteiger partial charge in [0.15, 0.2) is 0 Å². The molecule has 20 heavy (non-hydrogen) atoms. The molecule has 1 atom stereocenters. The number of rotatable bonds is 5. The topological polar surface area (TPSA) is 46.9 Å². The van der Waals surface area contributed by atoms with E-state index in [1.165, 1.54) is 32.1 Å². The molecule has 1 N–H and O–H groups in total. The van der Waals surface area contributed by atoms with Gasteiger partial charge in [0.25, 0.3) is 5.56 Å². The molecule has 1 aliphatic carbocycles. The third kappa shape index (κ3) is 3.69. The average Bonchev–Trinajstić information content (AvgIpc) is 2.42. The van der Waals surface area contributed by atoms with Crippen molar-refractivity contribution < 1.29 is 0 Å². The second kappa shape index (κ2) is 7.02. The fourth-order valence-electron chi connectivity index (χ4n) is 3.36. The van der Waals surface area contributed by atoms with Crippen LogP contribution in [0.15, 0.2) is 10.9 Å². The quantitative estimate of drug-likeness (QED) is 0.899. The Morgan fingerprint density at radius 1 is 1.35 bits per heavy atom. The van der Waals surface area contributed by atoms with Gasteiger partial charge in [0.1, 0.15) is 5.82 Å². The Labute approximate surface area is 121 Å². The molecule has 2 rings (SSSR count). The van der Waals surface area contributed by atoms with Crippen molar-refractivity contribution in [1.29, 1.82) is 0 Å². The number of aryl methyl sites for hydroxylation is 2. The molecule has 0 bridgehead atoms. The van der Waals surface area contributed by atoms with Gasteiger partial charge in [0.05, 0.1) is 0 Å². The van der Waals surface area contributed by atoms with E-state index in [-0.39, 0.29) is 5.56 Å². The lowest BCUT2D eigenvalue weighted by Gasteiger charge is -2.31. The van der Waals surface area contributed by atoms with Crippen LogP contribution in [0, 0.1) is 19.8 Å². The Hall–Kier alpha value is -1.16. The van der Waals surface area contributed by atoms with Gasteiger partial charge >= 0.3 is 0 Å². The number of nitrogens with zero attached hydrogens (tertiary/aromatic N) is 2. The second-order valence-electron chi connectivity index (χ2n) is 5.96. The molecule has 1 fully saturated rings. The highest BCUT2D eigenvalue weighted by molar-refractivity contribution is 5.02. The zero-order valence-electron chi connectivity index (χ0n) is 13.0. The van der Waals surface area contributed by atoms with Crippen molar-refractivity contribution in [3.8, 4) is 0 Å². The van der Waals surface area contributed by atoms with Gasteiger partial charge in [0, 0.05) is 24.3 Å². The van der Waals surface area contributed by atoms with Gasteiger partial charge in [-0.2, -0.15) is 0 Å². The smallest absolute Gasteiger partial charge is 0.253 e. The predicted octanol–water partition coefficient (Wildman–Crippen LogP) is 2.42. The molecule has 4 heteroatoms. The monoisotopic (exact) mass is 277 g/mol. The Morgan fingerprint density at radius 2 is 2.05 bits per heavy atom. The summed E-state index contributed by atoms with van der Waals surface area (Å²) in [7, 11) is 0. The summed E-state index contributed by atoms with van der Waals surface area (Å²) >= 11 is 0. The zero-order chi connectivity index (χ0) is 14.5. The predicted molar refractivity (Wildman–Crippen MR) is 82.0 cm³/mol. The van der Waals surface area contributed by atoms with Crippen LogP contribution in [0.5, 0.6) is 0 Å². The summed E-state index contributed by atoms with van der Waals surface area (Å²) in [6.07, 6.45) is 6.58. The van der Waals surface area contributed by atoms with Gasteiger partial charge in [-0.1, -0.05) is 26.2 Å². The summed E-state index contributed by atoms with van der Waals surface area (Å²) in [5.41, 5.74) is 0.884. The molecule has 1 heterocycles. The highest BCUT2D eigenvalue weighted by atomic mass is 16.1. The summed E-state index contributed by atoms with van der Waals surface area (Å²) in [6, 6.07) is 2.03. The van der Waals surface area contributed by atoms with Crippen molar-refractivity contribution in [3.63, 3.8) is 0 Å². The van der Waals surface area contributed by atoms with E-state index in [0.29, 0.717) is 12.0 Å². The first-order valence-corrected chi connectivity index (χ1v) is 7.90. The molecule has 1 saturated carbocycles. The van der Waals surface area contributed by atoms with E-state index in [1.807, 2.05) is 18.4 Å². The first kappa shape index (κ1) is 15.2. The first-order valence-electron chi connectivity index (χ1n) is 7.90. The molecular formula is C16H27N3O. The summed E-state index contributed by atoms with van der Waals surface area (Å²) in [6.45, 7) is 7.64. The lowest BCUT2D eigenvalue weighted by Crippen LogP contribution is -2.43. The first-order chi connectivity index (χ1) is 9.61. The van der Waals surface area contributed by atoms with Crippen molar-refractivity contribution in [2.75, 3.05) is 6.54 Å². The van der Waals surface area contributed by atoms with E-state index < -0.39 is 0 Å². The van der Waals surface area contributed by atoms with Crippen molar-refractivity contribution in [2.45, 2.75) is 65.5 Å². The number of likely N-dealkylation sites (N-methyl/N-ethyl adjacent to an activating group) is 1. The number of hydrogen-bond donors (Lipinski definition) is 1. The number of nitrogens with one attached hydrogen (secondary N) is 1.